The van der Waals surface area contributed by atoms with E-state index in [9.17, 15) is 14.4 Å². The molecule has 1 atom stereocenters. The molecular weight excluding hydrogens is 228 g/mol. The number of rotatable bonds is 7. The maximum Gasteiger partial charge on any atom is 0.352 e. The average molecular weight is 242 g/mol. The van der Waals surface area contributed by atoms with Gasteiger partial charge in [-0.1, -0.05) is 20.1 Å². The SMILES string of the molecule is C=COC(=O)CC(OC(=O)CC)C(=O)OC=C. The molecule has 0 bridgehead atoms. The van der Waals surface area contributed by atoms with Crippen LogP contribution >= 0.6 is 0 Å². The lowest BCUT2D eigenvalue weighted by molar-refractivity contribution is -0.167. The molecule has 0 aliphatic rings. The largest absolute Gasteiger partial charge is 0.450 e. The maximum atomic E-state index is 11.3. The minimum Gasteiger partial charge on any atom is -0.450 e. The minimum absolute atomic E-state index is 0.0778. The van der Waals surface area contributed by atoms with Gasteiger partial charge in [-0.2, -0.15) is 0 Å². The summed E-state index contributed by atoms with van der Waals surface area (Å²) in [7, 11) is 0. The molecule has 0 aromatic rings. The number of carbonyl (C=O) groups is 3. The minimum atomic E-state index is -1.34. The zero-order chi connectivity index (χ0) is 13.3. The summed E-state index contributed by atoms with van der Waals surface area (Å²) in [4.78, 5) is 33.5. The van der Waals surface area contributed by atoms with Crippen LogP contribution in [0.3, 0.4) is 0 Å². The van der Waals surface area contributed by atoms with Gasteiger partial charge in [-0.05, 0) is 0 Å². The first-order chi connectivity index (χ1) is 8.04. The summed E-state index contributed by atoms with van der Waals surface area (Å²) in [5, 5.41) is 0. The van der Waals surface area contributed by atoms with Gasteiger partial charge in [0.25, 0.3) is 0 Å². The molecule has 0 saturated heterocycles. The molecular formula is C11H14O6. The molecule has 6 nitrogen and oxygen atoms in total. The van der Waals surface area contributed by atoms with E-state index in [1.807, 2.05) is 0 Å². The molecule has 0 rings (SSSR count). The summed E-state index contributed by atoms with van der Waals surface area (Å²) in [5.74, 6) is -2.26. The zero-order valence-corrected chi connectivity index (χ0v) is 9.51. The molecule has 0 fully saturated rings. The Bertz CT molecular complexity index is 320. The van der Waals surface area contributed by atoms with Crippen LogP contribution in [0.2, 0.25) is 0 Å². The van der Waals surface area contributed by atoms with E-state index in [4.69, 9.17) is 4.74 Å². The summed E-state index contributed by atoms with van der Waals surface area (Å²) in [6.07, 6.45) is 0.0972. The van der Waals surface area contributed by atoms with Crippen molar-refractivity contribution in [2.75, 3.05) is 0 Å². The van der Waals surface area contributed by atoms with Crippen LogP contribution in [-0.2, 0) is 28.6 Å². The standard InChI is InChI=1S/C11H14O6/c1-4-9(12)17-8(11(14)16-6-3)7-10(13)15-5-2/h5-6,8H,2-4,7H2,1H3. The molecule has 17 heavy (non-hydrogen) atoms. The first kappa shape index (κ1) is 14.9. The van der Waals surface area contributed by atoms with E-state index in [0.717, 1.165) is 12.5 Å². The highest BCUT2D eigenvalue weighted by Crippen LogP contribution is 2.06. The number of hydrogen-bond donors (Lipinski definition) is 0. The molecule has 6 heteroatoms. The van der Waals surface area contributed by atoms with E-state index >= 15 is 0 Å². The van der Waals surface area contributed by atoms with Crippen LogP contribution < -0.4 is 0 Å². The molecule has 0 aromatic heterocycles. The van der Waals surface area contributed by atoms with Crippen LogP contribution in [0, 0.1) is 0 Å². The number of esters is 3. The monoisotopic (exact) mass is 242 g/mol. The second kappa shape index (κ2) is 8.09. The van der Waals surface area contributed by atoms with Crippen molar-refractivity contribution in [1.82, 2.24) is 0 Å². The Morgan fingerprint density at radius 3 is 2.18 bits per heavy atom. The van der Waals surface area contributed by atoms with Crippen LogP contribution in [0.1, 0.15) is 19.8 Å². The van der Waals surface area contributed by atoms with E-state index in [-0.39, 0.29) is 6.42 Å². The smallest absolute Gasteiger partial charge is 0.352 e. The zero-order valence-electron chi connectivity index (χ0n) is 9.51. The normalized spacial score (nSPS) is 10.9. The van der Waals surface area contributed by atoms with Crippen LogP contribution in [0.5, 0.6) is 0 Å². The van der Waals surface area contributed by atoms with Crippen molar-refractivity contribution in [1.29, 1.82) is 0 Å². The Kier molecular flexibility index (Phi) is 7.09. The summed E-state index contributed by atoms with van der Waals surface area (Å²) >= 11 is 0. The maximum absolute atomic E-state index is 11.3. The van der Waals surface area contributed by atoms with Gasteiger partial charge in [0.15, 0.2) is 0 Å². The fourth-order valence-electron chi connectivity index (χ4n) is 0.866. The third-order valence-corrected chi connectivity index (χ3v) is 1.59. The van der Waals surface area contributed by atoms with E-state index in [1.54, 1.807) is 6.92 Å². The Balaban J connectivity index is 4.54. The van der Waals surface area contributed by atoms with Crippen molar-refractivity contribution in [3.8, 4) is 0 Å². The highest BCUT2D eigenvalue weighted by atomic mass is 16.6. The van der Waals surface area contributed by atoms with Crippen molar-refractivity contribution in [2.45, 2.75) is 25.9 Å². The van der Waals surface area contributed by atoms with E-state index in [1.165, 1.54) is 0 Å². The van der Waals surface area contributed by atoms with Crippen molar-refractivity contribution >= 4 is 17.9 Å². The van der Waals surface area contributed by atoms with Crippen LogP contribution in [-0.4, -0.2) is 24.0 Å². The topological polar surface area (TPSA) is 78.9 Å². The molecule has 0 amide bonds. The second-order valence-electron chi connectivity index (χ2n) is 2.80. The highest BCUT2D eigenvalue weighted by Gasteiger charge is 2.27. The molecule has 0 radical (unpaired) electrons. The molecule has 0 spiro atoms. The van der Waals surface area contributed by atoms with Gasteiger partial charge < -0.3 is 14.2 Å². The lowest BCUT2D eigenvalue weighted by Crippen LogP contribution is -2.30. The predicted octanol–water partition coefficient (Wildman–Crippen LogP) is 1.07. The van der Waals surface area contributed by atoms with E-state index in [2.05, 4.69) is 22.6 Å². The Labute approximate surface area is 98.8 Å². The lowest BCUT2D eigenvalue weighted by Gasteiger charge is -2.13. The van der Waals surface area contributed by atoms with Gasteiger partial charge in [-0.3, -0.25) is 9.59 Å². The first-order valence-corrected chi connectivity index (χ1v) is 4.86. The quantitative estimate of drug-likeness (QED) is 0.377. The van der Waals surface area contributed by atoms with E-state index < -0.39 is 30.4 Å². The lowest BCUT2D eigenvalue weighted by atomic mass is 10.2. The second-order valence-corrected chi connectivity index (χ2v) is 2.80. The third-order valence-electron chi connectivity index (χ3n) is 1.59. The summed E-state index contributed by atoms with van der Waals surface area (Å²) in [6, 6.07) is 0. The van der Waals surface area contributed by atoms with Gasteiger partial charge in [0, 0.05) is 6.42 Å². The van der Waals surface area contributed by atoms with Gasteiger partial charge in [0.05, 0.1) is 18.9 Å². The van der Waals surface area contributed by atoms with Crippen LogP contribution in [0.25, 0.3) is 0 Å². The molecule has 0 saturated carbocycles. The van der Waals surface area contributed by atoms with Gasteiger partial charge in [-0.25, -0.2) is 4.79 Å². The Hall–Kier alpha value is -2.11. The molecule has 0 heterocycles. The fraction of sp³-hybridized carbons (Fsp3) is 0.364. The van der Waals surface area contributed by atoms with Crippen LogP contribution in [0.4, 0.5) is 0 Å². The van der Waals surface area contributed by atoms with E-state index in [0.29, 0.717) is 0 Å². The number of ether oxygens (including phenoxy) is 3. The number of carbonyl (C=O) groups excluding carboxylic acids is 3. The first-order valence-electron chi connectivity index (χ1n) is 4.86. The summed E-state index contributed by atoms with van der Waals surface area (Å²) in [6.45, 7) is 7.92. The van der Waals surface area contributed by atoms with Gasteiger partial charge in [0.2, 0.25) is 6.10 Å². The van der Waals surface area contributed by atoms with Gasteiger partial charge in [-0.15, -0.1) is 0 Å². The van der Waals surface area contributed by atoms with Crippen molar-refractivity contribution in [3.63, 3.8) is 0 Å². The Morgan fingerprint density at radius 2 is 1.71 bits per heavy atom. The number of hydrogen-bond acceptors (Lipinski definition) is 6. The third kappa shape index (κ3) is 6.14. The highest BCUT2D eigenvalue weighted by molar-refractivity contribution is 5.84. The predicted molar refractivity (Wildman–Crippen MR) is 57.4 cm³/mol. The van der Waals surface area contributed by atoms with Crippen LogP contribution in [0.15, 0.2) is 25.7 Å². The van der Waals surface area contributed by atoms with Gasteiger partial charge >= 0.3 is 17.9 Å². The van der Waals surface area contributed by atoms with Gasteiger partial charge in [0.1, 0.15) is 0 Å². The molecule has 0 N–H and O–H groups in total. The fourth-order valence-corrected chi connectivity index (χ4v) is 0.866. The molecule has 0 aliphatic carbocycles. The summed E-state index contributed by atoms with van der Waals surface area (Å²) in [5.41, 5.74) is 0. The molecule has 0 aromatic carbocycles. The molecule has 1 unspecified atom stereocenters. The average Bonchev–Trinajstić information content (AvgIpc) is 2.28. The Morgan fingerprint density at radius 1 is 1.12 bits per heavy atom. The van der Waals surface area contributed by atoms with Crippen molar-refractivity contribution in [3.05, 3.63) is 25.7 Å². The molecule has 0 aliphatic heterocycles. The summed E-state index contributed by atoms with van der Waals surface area (Å²) < 4.78 is 13.6. The van der Waals surface area contributed by atoms with Crippen molar-refractivity contribution in [2.24, 2.45) is 0 Å². The van der Waals surface area contributed by atoms with Crippen molar-refractivity contribution < 1.29 is 28.6 Å². The molecule has 94 valence electrons.